The number of amides is 1. The van der Waals surface area contributed by atoms with Gasteiger partial charge in [-0.05, 0) is 92.0 Å². The number of fused-ring (bicyclic) bond motifs is 1. The van der Waals surface area contributed by atoms with Crippen LogP contribution in [0.4, 0.5) is 17.1 Å². The van der Waals surface area contributed by atoms with Crippen molar-refractivity contribution in [2.24, 2.45) is 0 Å². The van der Waals surface area contributed by atoms with Crippen molar-refractivity contribution < 1.29 is 13.6 Å². The fraction of sp³-hybridized carbons (Fsp3) is 0.471. The molecule has 0 radical (unpaired) electrons. The van der Waals surface area contributed by atoms with Crippen molar-refractivity contribution in [3.8, 4) is 0 Å². The van der Waals surface area contributed by atoms with Crippen LogP contribution in [0.1, 0.15) is 85.1 Å². The number of rotatable bonds is 11. The molecule has 1 aliphatic heterocycles. The molecule has 0 saturated heterocycles. The third-order valence-electron chi connectivity index (χ3n) is 8.79. The van der Waals surface area contributed by atoms with E-state index in [2.05, 4.69) is 84.1 Å². The summed E-state index contributed by atoms with van der Waals surface area (Å²) in [5, 5.41) is 6.93. The maximum Gasteiger partial charge on any atom is 0.268 e. The van der Waals surface area contributed by atoms with Crippen LogP contribution in [0.3, 0.4) is 0 Å². The number of hydrogen-bond donors (Lipinski definition) is 4. The van der Waals surface area contributed by atoms with Gasteiger partial charge in [-0.25, -0.2) is 0 Å². The highest BCUT2D eigenvalue weighted by Crippen LogP contribution is 2.45. The molecule has 232 valence electrons. The molecule has 1 atom stereocenters. The lowest BCUT2D eigenvalue weighted by molar-refractivity contribution is 0.0978. The van der Waals surface area contributed by atoms with E-state index in [1.54, 1.807) is 6.07 Å². The van der Waals surface area contributed by atoms with Gasteiger partial charge in [-0.15, -0.1) is 9.53 Å². The maximum absolute atomic E-state index is 13.0. The summed E-state index contributed by atoms with van der Waals surface area (Å²) in [6, 6.07) is 14.3. The zero-order valence-corrected chi connectivity index (χ0v) is 27.2. The second kappa shape index (κ2) is 11.6. The SMILES string of the molecule is CCCN(CCNc1ccc(C)cc1C)c1cncc(C2CC(C)(C)c3cc(C(=O)NS(C)(=O)(O)C4CC4)ccc3N2)c1. The molecule has 2 aliphatic rings. The summed E-state index contributed by atoms with van der Waals surface area (Å²) in [5.74, 6) is -0.505. The minimum absolute atomic E-state index is 0.0534. The third kappa shape index (κ3) is 7.04. The smallest absolute Gasteiger partial charge is 0.268 e. The van der Waals surface area contributed by atoms with E-state index in [0.29, 0.717) is 18.4 Å². The fourth-order valence-corrected chi connectivity index (χ4v) is 8.19. The Morgan fingerprint density at radius 2 is 1.88 bits per heavy atom. The fourth-order valence-electron chi connectivity index (χ4n) is 6.21. The number of nitrogens with one attached hydrogen (secondary N) is 3. The topological polar surface area (TPSA) is 107 Å². The molecule has 1 aromatic heterocycles. The Balaban J connectivity index is 1.30. The molecule has 2 heterocycles. The van der Waals surface area contributed by atoms with Crippen LogP contribution >= 0.6 is 0 Å². The highest BCUT2D eigenvalue weighted by atomic mass is 32.3. The summed E-state index contributed by atoms with van der Waals surface area (Å²) in [6.07, 6.45) is 8.34. The van der Waals surface area contributed by atoms with Crippen molar-refractivity contribution in [3.63, 3.8) is 0 Å². The number of carbonyl (C=O) groups is 1. The van der Waals surface area contributed by atoms with Crippen molar-refractivity contribution in [2.45, 2.75) is 77.0 Å². The summed E-state index contributed by atoms with van der Waals surface area (Å²) >= 11 is 0. The summed E-state index contributed by atoms with van der Waals surface area (Å²) in [7, 11) is -4.18. The lowest BCUT2D eigenvalue weighted by Crippen LogP contribution is -2.52. The largest absolute Gasteiger partial charge is 0.383 e. The molecule has 1 fully saturated rings. The Morgan fingerprint density at radius 1 is 1.12 bits per heavy atom. The number of carbonyl (C=O) groups excluding carboxylic acids is 1. The van der Waals surface area contributed by atoms with Gasteiger partial charge < -0.3 is 15.5 Å². The van der Waals surface area contributed by atoms with Gasteiger partial charge in [0.25, 0.3) is 5.91 Å². The van der Waals surface area contributed by atoms with Crippen molar-refractivity contribution in [2.75, 3.05) is 41.4 Å². The number of benzene rings is 2. The number of aryl methyl sites for hydroxylation is 2. The van der Waals surface area contributed by atoms with Crippen LogP contribution < -0.4 is 20.3 Å². The molecule has 1 saturated carbocycles. The minimum Gasteiger partial charge on any atom is -0.383 e. The van der Waals surface area contributed by atoms with Crippen molar-refractivity contribution in [3.05, 3.63) is 82.7 Å². The highest BCUT2D eigenvalue weighted by molar-refractivity contribution is 8.14. The molecule has 1 unspecified atom stereocenters. The van der Waals surface area contributed by atoms with E-state index in [9.17, 15) is 13.6 Å². The first-order valence-electron chi connectivity index (χ1n) is 15.4. The van der Waals surface area contributed by atoms with E-state index in [1.165, 1.54) is 23.1 Å². The summed E-state index contributed by atoms with van der Waals surface area (Å²) < 4.78 is 26.1. The summed E-state index contributed by atoms with van der Waals surface area (Å²) in [6.45, 7) is 13.5. The van der Waals surface area contributed by atoms with Crippen molar-refractivity contribution >= 4 is 32.5 Å². The van der Waals surface area contributed by atoms with E-state index in [4.69, 9.17) is 0 Å². The molecule has 1 amide bonds. The average molecular weight is 606 g/mol. The Bertz CT molecular complexity index is 1580. The van der Waals surface area contributed by atoms with Crippen LogP contribution in [0.5, 0.6) is 0 Å². The first-order valence-corrected chi connectivity index (χ1v) is 17.8. The number of pyridine rings is 1. The zero-order chi connectivity index (χ0) is 31.0. The number of anilines is 3. The first kappa shape index (κ1) is 31.0. The lowest BCUT2D eigenvalue weighted by atomic mass is 9.74. The third-order valence-corrected chi connectivity index (χ3v) is 11.5. The van der Waals surface area contributed by atoms with Gasteiger partial charge >= 0.3 is 0 Å². The number of hydrogen-bond acceptors (Lipinski definition) is 6. The van der Waals surface area contributed by atoms with Crippen molar-refractivity contribution in [1.29, 1.82) is 0 Å². The predicted octanol–water partition coefficient (Wildman–Crippen LogP) is 6.59. The molecule has 43 heavy (non-hydrogen) atoms. The molecular formula is C34H47N5O3S. The van der Waals surface area contributed by atoms with E-state index in [0.717, 1.165) is 55.0 Å². The lowest BCUT2D eigenvalue weighted by Gasteiger charge is -2.41. The molecule has 0 bridgehead atoms. The molecule has 3 aromatic rings. The summed E-state index contributed by atoms with van der Waals surface area (Å²) in [4.78, 5) is 20.1. The zero-order valence-electron chi connectivity index (χ0n) is 26.4. The normalized spacial score (nSPS) is 18.5. The first-order chi connectivity index (χ1) is 20.2. The van der Waals surface area contributed by atoms with Crippen LogP contribution in [0.15, 0.2) is 54.9 Å². The van der Waals surface area contributed by atoms with E-state index in [1.807, 2.05) is 24.5 Å². The van der Waals surface area contributed by atoms with Gasteiger partial charge in [0, 0.05) is 49.0 Å². The maximum atomic E-state index is 13.0. The minimum atomic E-state index is -4.18. The number of aromatic nitrogens is 1. The van der Waals surface area contributed by atoms with Crippen LogP contribution in [-0.4, -0.2) is 50.8 Å². The van der Waals surface area contributed by atoms with E-state index < -0.39 is 15.4 Å². The molecule has 8 nitrogen and oxygen atoms in total. The predicted molar refractivity (Wildman–Crippen MR) is 179 cm³/mol. The van der Waals surface area contributed by atoms with Gasteiger partial charge in [-0.3, -0.25) is 19.1 Å². The molecule has 5 rings (SSSR count). The van der Waals surface area contributed by atoms with E-state index >= 15 is 0 Å². The molecule has 0 spiro atoms. The van der Waals surface area contributed by atoms with Crippen LogP contribution in [0.2, 0.25) is 0 Å². The molecule has 4 N–H and O–H groups in total. The van der Waals surface area contributed by atoms with E-state index in [-0.39, 0.29) is 16.7 Å². The van der Waals surface area contributed by atoms with Gasteiger partial charge in [0.2, 0.25) is 0 Å². The second-order valence-electron chi connectivity index (χ2n) is 13.2. The molecular weight excluding hydrogens is 558 g/mol. The number of nitrogens with zero attached hydrogens (tertiary/aromatic N) is 2. The molecule has 9 heteroatoms. The van der Waals surface area contributed by atoms with Gasteiger partial charge in [0.05, 0.1) is 23.2 Å². The second-order valence-corrected chi connectivity index (χ2v) is 16.8. The molecule has 2 aromatic carbocycles. The van der Waals surface area contributed by atoms with Gasteiger partial charge in [-0.1, -0.05) is 38.5 Å². The van der Waals surface area contributed by atoms with Crippen LogP contribution in [0.25, 0.3) is 0 Å². The Kier molecular flexibility index (Phi) is 8.35. The quantitative estimate of drug-likeness (QED) is 0.195. The monoisotopic (exact) mass is 605 g/mol. The van der Waals surface area contributed by atoms with Gasteiger partial charge in [-0.2, -0.15) is 4.21 Å². The van der Waals surface area contributed by atoms with Crippen LogP contribution in [-0.2, 0) is 14.9 Å². The Morgan fingerprint density at radius 3 is 2.58 bits per heavy atom. The molecule has 1 aliphatic carbocycles. The van der Waals surface area contributed by atoms with Crippen LogP contribution in [0, 0.1) is 13.8 Å². The van der Waals surface area contributed by atoms with Crippen molar-refractivity contribution in [1.82, 2.24) is 9.71 Å². The Hall–Kier alpha value is -3.43. The Labute approximate surface area is 256 Å². The summed E-state index contributed by atoms with van der Waals surface area (Å²) in [5.41, 5.74) is 8.08. The average Bonchev–Trinajstić information content (AvgIpc) is 3.80. The standard InChI is InChI=1S/C34H47N5O3S/c1-7-15-39(16-14-36-30-12-8-23(2)17-24(30)3)27-18-26(21-35-22-27)32-20-34(4,5)29-19-25(9-13-31(29)37-32)33(40)38-43(6,41,42)28-10-11-28/h8-9,12-13,17-19,21-22,28,32,36-37H,7,10-11,14-16,20H2,1-6H3,(H2,38,40,41,42). The van der Waals surface area contributed by atoms with Gasteiger partial charge in [0.1, 0.15) is 0 Å². The van der Waals surface area contributed by atoms with Gasteiger partial charge in [0.15, 0.2) is 0 Å². The highest BCUT2D eigenvalue weighted by Gasteiger charge is 2.42.